The van der Waals surface area contributed by atoms with E-state index in [1.165, 1.54) is 18.2 Å². The third kappa shape index (κ3) is 5.60. The molecule has 6 nitrogen and oxygen atoms in total. The number of hydrogen-bond acceptors (Lipinski definition) is 6. The van der Waals surface area contributed by atoms with E-state index in [9.17, 15) is 13.6 Å². The Hall–Kier alpha value is -3.65. The lowest BCUT2D eigenvalue weighted by atomic mass is 10.1. The van der Waals surface area contributed by atoms with E-state index < -0.39 is 11.9 Å². The van der Waals surface area contributed by atoms with Gasteiger partial charge in [0.2, 0.25) is 0 Å². The van der Waals surface area contributed by atoms with Crippen LogP contribution in [-0.2, 0) is 20.7 Å². The number of fused-ring (bicyclic) bond motifs is 1. The molecule has 38 heavy (non-hydrogen) atoms. The Morgan fingerprint density at radius 2 is 1.71 bits per heavy atom. The van der Waals surface area contributed by atoms with E-state index in [4.69, 9.17) is 23.7 Å². The largest absolute Gasteiger partial charge is 0.488 e. The monoisotopic (exact) mass is 524 g/mol. The van der Waals surface area contributed by atoms with Gasteiger partial charge < -0.3 is 23.7 Å². The Morgan fingerprint density at radius 1 is 0.947 bits per heavy atom. The summed E-state index contributed by atoms with van der Waals surface area (Å²) in [7, 11) is 1.54. The summed E-state index contributed by atoms with van der Waals surface area (Å²) in [6.45, 7) is 2.77. The zero-order chi connectivity index (χ0) is 26.6. The number of methoxy groups -OCH3 is 1. The molecule has 0 amide bonds. The molecule has 0 bridgehead atoms. The van der Waals surface area contributed by atoms with Crippen molar-refractivity contribution >= 4 is 5.97 Å². The van der Waals surface area contributed by atoms with Crippen LogP contribution in [0.4, 0.5) is 8.78 Å². The minimum atomic E-state index is -0.554. The van der Waals surface area contributed by atoms with Crippen LogP contribution < -0.4 is 14.2 Å². The second kappa shape index (κ2) is 11.4. The van der Waals surface area contributed by atoms with Gasteiger partial charge in [-0.3, -0.25) is 4.79 Å². The molecular formula is C30H30F2O6. The van der Waals surface area contributed by atoms with Gasteiger partial charge in [-0.1, -0.05) is 12.1 Å². The Labute approximate surface area is 220 Å². The van der Waals surface area contributed by atoms with Crippen molar-refractivity contribution in [1.82, 2.24) is 0 Å². The van der Waals surface area contributed by atoms with Gasteiger partial charge >= 0.3 is 5.97 Å². The lowest BCUT2D eigenvalue weighted by Gasteiger charge is -2.17. The Morgan fingerprint density at radius 3 is 2.45 bits per heavy atom. The van der Waals surface area contributed by atoms with Gasteiger partial charge in [-0.15, -0.1) is 0 Å². The molecule has 8 heteroatoms. The summed E-state index contributed by atoms with van der Waals surface area (Å²) in [5.74, 6) is 0.505. The minimum absolute atomic E-state index is 0.0798. The van der Waals surface area contributed by atoms with Crippen LogP contribution in [0.5, 0.6) is 23.0 Å². The number of carbonyl (C=O) groups excluding carboxylic acids is 1. The van der Waals surface area contributed by atoms with Crippen LogP contribution >= 0.6 is 0 Å². The van der Waals surface area contributed by atoms with Gasteiger partial charge in [0.15, 0.2) is 11.6 Å². The fourth-order valence-corrected chi connectivity index (χ4v) is 4.91. The summed E-state index contributed by atoms with van der Waals surface area (Å²) >= 11 is 0. The summed E-state index contributed by atoms with van der Waals surface area (Å²) in [4.78, 5) is 11.9. The first-order chi connectivity index (χ1) is 18.5. The van der Waals surface area contributed by atoms with Crippen LogP contribution in [0.1, 0.15) is 48.5 Å². The van der Waals surface area contributed by atoms with Gasteiger partial charge in [0.25, 0.3) is 0 Å². The first-order valence-corrected chi connectivity index (χ1v) is 12.8. The third-order valence-electron chi connectivity index (χ3n) is 6.88. The van der Waals surface area contributed by atoms with E-state index in [2.05, 4.69) is 0 Å². The van der Waals surface area contributed by atoms with Crippen molar-refractivity contribution in [2.24, 2.45) is 5.92 Å². The molecule has 1 fully saturated rings. The number of ether oxygens (including phenoxy) is 5. The normalized spacial score (nSPS) is 19.5. The number of carbonyl (C=O) groups is 1. The van der Waals surface area contributed by atoms with Crippen molar-refractivity contribution in [1.29, 1.82) is 0 Å². The molecule has 0 spiro atoms. The first kappa shape index (κ1) is 26.0. The fraction of sp³-hybridized carbons (Fsp3) is 0.367. The van der Waals surface area contributed by atoms with Gasteiger partial charge in [-0.25, -0.2) is 8.78 Å². The van der Waals surface area contributed by atoms with Gasteiger partial charge in [-0.2, -0.15) is 0 Å². The highest BCUT2D eigenvalue weighted by atomic mass is 19.1. The second-order valence-electron chi connectivity index (χ2n) is 9.39. The summed E-state index contributed by atoms with van der Waals surface area (Å²) in [5.41, 5.74) is 2.23. The maximum absolute atomic E-state index is 14.9. The highest BCUT2D eigenvalue weighted by Gasteiger charge is 2.45. The van der Waals surface area contributed by atoms with Crippen LogP contribution in [0.3, 0.4) is 0 Å². The molecule has 0 N–H and O–H groups in total. The number of rotatable bonds is 11. The standard InChI is InChI=1S/C30H30F2O6/c1-3-35-30(33)23-17-22(23)18-4-6-19(7-5-18)37-28-12-9-21-26(13-10-24(31)29(21)28)38-20-8-11-27(25(32)16-20)36-15-14-34-2/h4-8,10-11,13,16,22-23,28H,3,9,12,14-15,17H2,1-2H3/t22-,23+,28-/m1/s1. The molecule has 2 aliphatic rings. The summed E-state index contributed by atoms with van der Waals surface area (Å²) in [6.07, 6.45) is 1.47. The zero-order valence-electron chi connectivity index (χ0n) is 21.4. The maximum atomic E-state index is 14.9. The van der Waals surface area contributed by atoms with E-state index in [1.807, 2.05) is 24.3 Å². The van der Waals surface area contributed by atoms with Crippen LogP contribution in [0.25, 0.3) is 0 Å². The van der Waals surface area contributed by atoms with Crippen LogP contribution in [0.15, 0.2) is 54.6 Å². The molecule has 0 saturated heterocycles. The van der Waals surface area contributed by atoms with Gasteiger partial charge in [0.1, 0.15) is 35.8 Å². The quantitative estimate of drug-likeness (QED) is 0.210. The van der Waals surface area contributed by atoms with Crippen LogP contribution in [0, 0.1) is 17.6 Å². The molecule has 3 aromatic carbocycles. The van der Waals surface area contributed by atoms with Crippen molar-refractivity contribution < 1.29 is 37.3 Å². The molecule has 0 radical (unpaired) electrons. The van der Waals surface area contributed by atoms with Crippen molar-refractivity contribution in [3.05, 3.63) is 82.9 Å². The summed E-state index contributed by atoms with van der Waals surface area (Å²) in [6, 6.07) is 14.9. The second-order valence-corrected chi connectivity index (χ2v) is 9.39. The highest BCUT2D eigenvalue weighted by molar-refractivity contribution is 5.77. The topological polar surface area (TPSA) is 63.2 Å². The maximum Gasteiger partial charge on any atom is 0.309 e. The average Bonchev–Trinajstić information content (AvgIpc) is 3.61. The molecular weight excluding hydrogens is 494 g/mol. The van der Waals surface area contributed by atoms with E-state index in [1.54, 1.807) is 26.2 Å². The lowest BCUT2D eigenvalue weighted by molar-refractivity contribution is -0.144. The molecule has 3 aromatic rings. The smallest absolute Gasteiger partial charge is 0.309 e. The lowest BCUT2D eigenvalue weighted by Crippen LogP contribution is -2.07. The number of esters is 1. The van der Waals surface area contributed by atoms with Crippen molar-refractivity contribution in [3.63, 3.8) is 0 Å². The van der Waals surface area contributed by atoms with Crippen molar-refractivity contribution in [2.75, 3.05) is 26.9 Å². The average molecular weight is 525 g/mol. The number of benzene rings is 3. The van der Waals surface area contributed by atoms with E-state index >= 15 is 0 Å². The Bertz CT molecular complexity index is 1290. The molecule has 0 heterocycles. The minimum Gasteiger partial charge on any atom is -0.488 e. The highest BCUT2D eigenvalue weighted by Crippen LogP contribution is 2.49. The molecule has 0 unspecified atom stereocenters. The van der Waals surface area contributed by atoms with Crippen molar-refractivity contribution in [2.45, 2.75) is 38.2 Å². The summed E-state index contributed by atoms with van der Waals surface area (Å²) in [5, 5.41) is 0. The first-order valence-electron chi connectivity index (χ1n) is 12.8. The third-order valence-corrected chi connectivity index (χ3v) is 6.88. The van der Waals surface area contributed by atoms with Crippen LogP contribution in [0.2, 0.25) is 0 Å². The van der Waals surface area contributed by atoms with Crippen molar-refractivity contribution in [3.8, 4) is 23.0 Å². The summed E-state index contributed by atoms with van der Waals surface area (Å²) < 4.78 is 56.9. The predicted molar refractivity (Wildman–Crippen MR) is 136 cm³/mol. The number of hydrogen-bond donors (Lipinski definition) is 0. The van der Waals surface area contributed by atoms with E-state index in [0.717, 1.165) is 12.0 Å². The zero-order valence-corrected chi connectivity index (χ0v) is 21.4. The molecule has 0 aromatic heterocycles. The van der Waals surface area contributed by atoms with Gasteiger partial charge in [0.05, 0.1) is 19.1 Å². The SMILES string of the molecule is CCOC(=O)[C@H]1C[C@@H]1c1ccc(O[C@@H]2CCc3c(Oc4ccc(OCCOC)c(F)c4)ccc(F)c32)cc1. The molecule has 200 valence electrons. The molecule has 5 rings (SSSR count). The molecule has 0 aliphatic heterocycles. The molecule has 3 atom stereocenters. The fourth-order valence-electron chi connectivity index (χ4n) is 4.91. The van der Waals surface area contributed by atoms with Crippen LogP contribution in [-0.4, -0.2) is 32.9 Å². The Balaban J connectivity index is 1.26. The van der Waals surface area contributed by atoms with E-state index in [-0.39, 0.29) is 41.7 Å². The Kier molecular flexibility index (Phi) is 7.79. The van der Waals surface area contributed by atoms with E-state index in [0.29, 0.717) is 48.7 Å². The van der Waals surface area contributed by atoms with Gasteiger partial charge in [0, 0.05) is 24.3 Å². The molecule has 2 aliphatic carbocycles. The molecule has 1 saturated carbocycles. The predicted octanol–water partition coefficient (Wildman–Crippen LogP) is 6.52. The van der Waals surface area contributed by atoms with Gasteiger partial charge in [-0.05, 0) is 74.1 Å². The number of halogens is 2.